The van der Waals surface area contributed by atoms with Crippen molar-refractivity contribution in [2.45, 2.75) is 58.2 Å². The van der Waals surface area contributed by atoms with Gasteiger partial charge < -0.3 is 9.80 Å². The van der Waals surface area contributed by atoms with Crippen LogP contribution in [0.25, 0.3) is 0 Å². The van der Waals surface area contributed by atoms with Crippen molar-refractivity contribution in [1.29, 1.82) is 0 Å². The molecule has 1 aliphatic heterocycles. The third kappa shape index (κ3) is 5.61. The van der Waals surface area contributed by atoms with Gasteiger partial charge in [0, 0.05) is 49.5 Å². The van der Waals surface area contributed by atoms with E-state index >= 15 is 0 Å². The number of nitrogens with zero attached hydrogens (tertiary/aromatic N) is 2. The Hall–Kier alpha value is -2.37. The number of nitrogens with one attached hydrogen (secondary N) is 2. The molecule has 1 saturated heterocycles. The molecule has 0 radical (unpaired) electrons. The number of hydrogen-bond donors (Lipinski definition) is 2. The summed E-state index contributed by atoms with van der Waals surface area (Å²) < 4.78 is 0. The fraction of sp³-hybridized carbons (Fsp3) is 0.480. The predicted molar refractivity (Wildman–Crippen MR) is 125 cm³/mol. The van der Waals surface area contributed by atoms with Crippen molar-refractivity contribution < 1.29 is 4.79 Å². The van der Waals surface area contributed by atoms with Crippen molar-refractivity contribution in [2.24, 2.45) is 0 Å². The molecule has 1 amide bonds. The van der Waals surface area contributed by atoms with Crippen LogP contribution in [-0.4, -0.2) is 43.0 Å². The van der Waals surface area contributed by atoms with E-state index in [9.17, 15) is 4.79 Å². The van der Waals surface area contributed by atoms with Gasteiger partial charge in [0.25, 0.3) is 5.91 Å². The van der Waals surface area contributed by atoms with Gasteiger partial charge in [-0.1, -0.05) is 30.3 Å². The van der Waals surface area contributed by atoms with Gasteiger partial charge in [0.15, 0.2) is 0 Å². The number of amides is 1. The Bertz CT molecular complexity index is 791. The lowest BCUT2D eigenvalue weighted by atomic mass is 10.00. The maximum absolute atomic E-state index is 12.8. The van der Waals surface area contributed by atoms with Gasteiger partial charge >= 0.3 is 0 Å². The molecule has 0 bridgehead atoms. The molecule has 3 rings (SSSR count). The molecule has 5 heteroatoms. The van der Waals surface area contributed by atoms with Gasteiger partial charge in [-0.25, -0.2) is 0 Å². The van der Waals surface area contributed by atoms with Crippen molar-refractivity contribution >= 4 is 11.6 Å². The first-order chi connectivity index (χ1) is 14.5. The Balaban J connectivity index is 1.45. The highest BCUT2D eigenvalue weighted by Crippen LogP contribution is 2.24. The maximum Gasteiger partial charge on any atom is 0.253 e. The average molecular weight is 409 g/mol. The third-order valence-corrected chi connectivity index (χ3v) is 5.99. The summed E-state index contributed by atoms with van der Waals surface area (Å²) in [4.78, 5) is 16.9. The predicted octanol–water partition coefficient (Wildman–Crippen LogP) is 4.38. The largest absolute Gasteiger partial charge is 0.369 e. The lowest BCUT2D eigenvalue weighted by Crippen LogP contribution is -2.32. The summed E-state index contributed by atoms with van der Waals surface area (Å²) in [5.74, 6) is 0.0915. The second-order valence-electron chi connectivity index (χ2n) is 8.48. The minimum absolute atomic E-state index is 0.0915. The smallest absolute Gasteiger partial charge is 0.253 e. The number of hydrogen-bond acceptors (Lipinski definition) is 4. The van der Waals surface area contributed by atoms with E-state index in [0.29, 0.717) is 18.1 Å². The molecule has 2 atom stereocenters. The van der Waals surface area contributed by atoms with Crippen molar-refractivity contribution in [3.8, 4) is 0 Å². The van der Waals surface area contributed by atoms with Crippen LogP contribution in [0.4, 0.5) is 5.69 Å². The standard InChI is InChI=1S/C25H36N4O/c1-5-29(19(2)3)23-15-13-21(14-16-23)25(30)28(4)17-9-12-22-18-24(27-26-22)20-10-7-6-8-11-20/h6-8,10-11,13-16,19,22,24,26-27H,5,9,12,17-18H2,1-4H3. The lowest BCUT2D eigenvalue weighted by Gasteiger charge is -2.27. The number of anilines is 1. The molecule has 0 spiro atoms. The Kier molecular flexibility index (Phi) is 7.88. The van der Waals surface area contributed by atoms with Crippen LogP contribution in [0, 0.1) is 0 Å². The van der Waals surface area contributed by atoms with Crippen molar-refractivity contribution in [3.63, 3.8) is 0 Å². The topological polar surface area (TPSA) is 47.6 Å². The summed E-state index contributed by atoms with van der Waals surface area (Å²) in [6, 6.07) is 19.8. The van der Waals surface area contributed by atoms with Crippen LogP contribution in [0.2, 0.25) is 0 Å². The van der Waals surface area contributed by atoms with E-state index in [4.69, 9.17) is 0 Å². The molecule has 2 N–H and O–H groups in total. The fourth-order valence-corrected chi connectivity index (χ4v) is 4.25. The Morgan fingerprint density at radius 3 is 2.40 bits per heavy atom. The zero-order valence-corrected chi connectivity index (χ0v) is 18.8. The first kappa shape index (κ1) is 22.3. The number of carbonyl (C=O) groups excluding carboxylic acids is 1. The Morgan fingerprint density at radius 1 is 1.07 bits per heavy atom. The van der Waals surface area contributed by atoms with E-state index in [1.165, 1.54) is 11.3 Å². The highest BCUT2D eigenvalue weighted by Gasteiger charge is 2.24. The van der Waals surface area contributed by atoms with E-state index in [-0.39, 0.29) is 5.91 Å². The van der Waals surface area contributed by atoms with Gasteiger partial charge in [-0.15, -0.1) is 0 Å². The van der Waals surface area contributed by atoms with Crippen LogP contribution < -0.4 is 15.8 Å². The quantitative estimate of drug-likeness (QED) is 0.646. The molecular formula is C25H36N4O. The maximum atomic E-state index is 12.8. The molecule has 2 aromatic carbocycles. The van der Waals surface area contributed by atoms with Crippen LogP contribution >= 0.6 is 0 Å². The zero-order chi connectivity index (χ0) is 21.5. The first-order valence-electron chi connectivity index (χ1n) is 11.2. The van der Waals surface area contributed by atoms with E-state index < -0.39 is 0 Å². The van der Waals surface area contributed by atoms with E-state index in [0.717, 1.165) is 37.9 Å². The van der Waals surface area contributed by atoms with E-state index in [2.05, 4.69) is 72.9 Å². The second-order valence-corrected chi connectivity index (χ2v) is 8.48. The Labute approximate surface area is 181 Å². The van der Waals surface area contributed by atoms with Gasteiger partial charge in [0.2, 0.25) is 0 Å². The van der Waals surface area contributed by atoms with Crippen LogP contribution in [0.3, 0.4) is 0 Å². The molecule has 0 aliphatic carbocycles. The third-order valence-electron chi connectivity index (χ3n) is 5.99. The van der Waals surface area contributed by atoms with E-state index in [1.807, 2.05) is 30.1 Å². The normalized spacial score (nSPS) is 18.6. The van der Waals surface area contributed by atoms with Crippen molar-refractivity contribution in [2.75, 3.05) is 25.0 Å². The molecule has 1 heterocycles. The summed E-state index contributed by atoms with van der Waals surface area (Å²) >= 11 is 0. The summed E-state index contributed by atoms with van der Waals surface area (Å²) in [6.45, 7) is 8.26. The summed E-state index contributed by atoms with van der Waals surface area (Å²) in [5, 5.41) is 0. The van der Waals surface area contributed by atoms with Crippen molar-refractivity contribution in [1.82, 2.24) is 15.8 Å². The van der Waals surface area contributed by atoms with Gasteiger partial charge in [0.05, 0.1) is 0 Å². The van der Waals surface area contributed by atoms with Gasteiger partial charge in [-0.2, -0.15) is 0 Å². The summed E-state index contributed by atoms with van der Waals surface area (Å²) in [6.07, 6.45) is 3.11. The monoisotopic (exact) mass is 408 g/mol. The molecule has 1 fully saturated rings. The molecule has 162 valence electrons. The first-order valence-corrected chi connectivity index (χ1v) is 11.2. The van der Waals surface area contributed by atoms with Crippen LogP contribution in [0.15, 0.2) is 54.6 Å². The van der Waals surface area contributed by atoms with Crippen LogP contribution in [0.5, 0.6) is 0 Å². The fourth-order valence-electron chi connectivity index (χ4n) is 4.25. The number of benzene rings is 2. The molecule has 0 aromatic heterocycles. The average Bonchev–Trinajstić information content (AvgIpc) is 3.23. The summed E-state index contributed by atoms with van der Waals surface area (Å²) in [5.41, 5.74) is 10.1. The van der Waals surface area contributed by atoms with Crippen molar-refractivity contribution in [3.05, 3.63) is 65.7 Å². The van der Waals surface area contributed by atoms with Crippen LogP contribution in [-0.2, 0) is 0 Å². The van der Waals surface area contributed by atoms with Crippen LogP contribution in [0.1, 0.15) is 62.0 Å². The Morgan fingerprint density at radius 2 is 1.77 bits per heavy atom. The lowest BCUT2D eigenvalue weighted by molar-refractivity contribution is 0.0791. The summed E-state index contributed by atoms with van der Waals surface area (Å²) in [7, 11) is 1.90. The number of rotatable bonds is 9. The molecule has 2 unspecified atom stereocenters. The number of hydrazine groups is 1. The molecule has 1 aliphatic rings. The molecule has 0 saturated carbocycles. The zero-order valence-electron chi connectivity index (χ0n) is 18.8. The molecular weight excluding hydrogens is 372 g/mol. The SMILES string of the molecule is CCN(c1ccc(C(=O)N(C)CCCC2CC(c3ccccc3)NN2)cc1)C(C)C. The molecule has 2 aromatic rings. The minimum Gasteiger partial charge on any atom is -0.369 e. The highest BCUT2D eigenvalue weighted by atomic mass is 16.2. The van der Waals surface area contributed by atoms with Gasteiger partial charge in [0.1, 0.15) is 0 Å². The van der Waals surface area contributed by atoms with Gasteiger partial charge in [-0.05, 0) is 69.9 Å². The van der Waals surface area contributed by atoms with Gasteiger partial charge in [-0.3, -0.25) is 15.6 Å². The van der Waals surface area contributed by atoms with E-state index in [1.54, 1.807) is 0 Å². The minimum atomic E-state index is 0.0915. The highest BCUT2D eigenvalue weighted by molar-refractivity contribution is 5.94. The molecule has 5 nitrogen and oxygen atoms in total. The number of carbonyl (C=O) groups is 1. The second kappa shape index (κ2) is 10.6. The molecule has 30 heavy (non-hydrogen) atoms.